The van der Waals surface area contributed by atoms with E-state index in [2.05, 4.69) is 5.32 Å². The summed E-state index contributed by atoms with van der Waals surface area (Å²) in [6.45, 7) is 4.26. The molecular weight excluding hydrogens is 208 g/mol. The third kappa shape index (κ3) is 5.69. The number of nitrogens with zero attached hydrogens (tertiary/aromatic N) is 1. The second-order valence-corrected chi connectivity index (χ2v) is 4.04. The smallest absolute Gasteiger partial charge is 0.237 e. The van der Waals surface area contributed by atoms with Crippen molar-refractivity contribution in [2.45, 2.75) is 26.4 Å². The summed E-state index contributed by atoms with van der Waals surface area (Å²) in [5.74, 6) is -0.907. The molecule has 0 saturated heterocycles. The summed E-state index contributed by atoms with van der Waals surface area (Å²) in [6, 6.07) is 1.97. The average Bonchev–Trinajstić information content (AvgIpc) is 2.18. The van der Waals surface area contributed by atoms with Crippen molar-refractivity contribution in [3.05, 3.63) is 0 Å². The first-order chi connectivity index (χ1) is 7.52. The number of carbonyl (C=O) groups is 1. The van der Waals surface area contributed by atoms with Crippen molar-refractivity contribution in [3.8, 4) is 6.07 Å². The summed E-state index contributed by atoms with van der Waals surface area (Å²) in [7, 11) is 1.51. The first-order valence-corrected chi connectivity index (χ1v) is 5.37. The molecule has 0 radical (unpaired) electrons. The number of nitriles is 1. The lowest BCUT2D eigenvalue weighted by atomic mass is 9.97. The van der Waals surface area contributed by atoms with Gasteiger partial charge in [0.05, 0.1) is 18.8 Å². The van der Waals surface area contributed by atoms with Gasteiger partial charge in [0, 0.05) is 13.7 Å². The SMILES string of the molecule is COCC(O)CCNC(=O)C(C#N)C(C)C. The Labute approximate surface area is 96.4 Å². The molecule has 0 saturated carbocycles. The maximum atomic E-state index is 11.5. The van der Waals surface area contributed by atoms with E-state index in [0.717, 1.165) is 0 Å². The number of amides is 1. The summed E-state index contributed by atoms with van der Waals surface area (Å²) in [4.78, 5) is 11.5. The zero-order valence-electron chi connectivity index (χ0n) is 10.1. The van der Waals surface area contributed by atoms with Crippen LogP contribution in [-0.4, -0.2) is 37.4 Å². The third-order valence-corrected chi connectivity index (χ3v) is 2.22. The summed E-state index contributed by atoms with van der Waals surface area (Å²) in [5, 5.41) is 20.7. The minimum absolute atomic E-state index is 0.00565. The van der Waals surface area contributed by atoms with Crippen LogP contribution in [0.4, 0.5) is 0 Å². The molecule has 2 N–H and O–H groups in total. The molecule has 2 atom stereocenters. The van der Waals surface area contributed by atoms with Gasteiger partial charge >= 0.3 is 0 Å². The van der Waals surface area contributed by atoms with Crippen LogP contribution in [0.3, 0.4) is 0 Å². The number of ether oxygens (including phenoxy) is 1. The molecule has 0 aromatic rings. The Morgan fingerprint density at radius 1 is 1.56 bits per heavy atom. The van der Waals surface area contributed by atoms with Crippen molar-refractivity contribution in [1.82, 2.24) is 5.32 Å². The Balaban J connectivity index is 3.85. The van der Waals surface area contributed by atoms with E-state index in [1.165, 1.54) is 7.11 Å². The van der Waals surface area contributed by atoms with E-state index in [4.69, 9.17) is 10.00 Å². The highest BCUT2D eigenvalue weighted by atomic mass is 16.5. The van der Waals surface area contributed by atoms with Crippen molar-refractivity contribution in [2.24, 2.45) is 11.8 Å². The lowest BCUT2D eigenvalue weighted by Crippen LogP contribution is -2.35. The van der Waals surface area contributed by atoms with Gasteiger partial charge in [-0.1, -0.05) is 13.8 Å². The molecular formula is C11H20N2O3. The van der Waals surface area contributed by atoms with E-state index in [-0.39, 0.29) is 18.4 Å². The standard InChI is InChI=1S/C11H20N2O3/c1-8(2)10(6-12)11(15)13-5-4-9(14)7-16-3/h8-10,14H,4-5,7H2,1-3H3,(H,13,15). The zero-order chi connectivity index (χ0) is 12.6. The van der Waals surface area contributed by atoms with E-state index in [1.54, 1.807) is 0 Å². The molecule has 1 amide bonds. The Bertz CT molecular complexity index is 248. The topological polar surface area (TPSA) is 82.3 Å². The van der Waals surface area contributed by atoms with Crippen LogP contribution in [0.25, 0.3) is 0 Å². The molecule has 0 aliphatic carbocycles. The summed E-state index contributed by atoms with van der Waals surface area (Å²) in [5.41, 5.74) is 0. The quantitative estimate of drug-likeness (QED) is 0.656. The highest BCUT2D eigenvalue weighted by Crippen LogP contribution is 2.09. The Hall–Kier alpha value is -1.12. The van der Waals surface area contributed by atoms with Crippen molar-refractivity contribution < 1.29 is 14.6 Å². The summed E-state index contributed by atoms with van der Waals surface area (Å²) in [6.07, 6.45) is -0.152. The predicted octanol–water partition coefficient (Wildman–Crippen LogP) is 0.296. The molecule has 5 heteroatoms. The monoisotopic (exact) mass is 228 g/mol. The van der Waals surface area contributed by atoms with Gasteiger partial charge in [-0.25, -0.2) is 0 Å². The van der Waals surface area contributed by atoms with E-state index in [1.807, 2.05) is 19.9 Å². The van der Waals surface area contributed by atoms with Crippen LogP contribution in [0.1, 0.15) is 20.3 Å². The third-order valence-electron chi connectivity index (χ3n) is 2.22. The van der Waals surface area contributed by atoms with Gasteiger partial charge in [0.25, 0.3) is 0 Å². The fraction of sp³-hybridized carbons (Fsp3) is 0.818. The maximum Gasteiger partial charge on any atom is 0.237 e. The van der Waals surface area contributed by atoms with Gasteiger partial charge in [-0.05, 0) is 12.3 Å². The molecule has 0 aromatic carbocycles. The number of methoxy groups -OCH3 is 1. The molecule has 0 spiro atoms. The molecule has 0 bridgehead atoms. The molecule has 0 fully saturated rings. The number of hydrogen-bond donors (Lipinski definition) is 2. The van der Waals surface area contributed by atoms with E-state index >= 15 is 0 Å². The Kier molecular flexibility index (Phi) is 7.52. The first kappa shape index (κ1) is 14.9. The number of hydrogen-bond acceptors (Lipinski definition) is 4. The van der Waals surface area contributed by atoms with Crippen molar-refractivity contribution in [3.63, 3.8) is 0 Å². The summed E-state index contributed by atoms with van der Waals surface area (Å²) >= 11 is 0. The second-order valence-electron chi connectivity index (χ2n) is 4.04. The number of aliphatic hydroxyl groups excluding tert-OH is 1. The van der Waals surface area contributed by atoms with Crippen LogP contribution in [-0.2, 0) is 9.53 Å². The minimum Gasteiger partial charge on any atom is -0.391 e. The molecule has 0 aliphatic rings. The van der Waals surface area contributed by atoms with E-state index in [9.17, 15) is 9.90 Å². The first-order valence-electron chi connectivity index (χ1n) is 5.37. The molecule has 0 heterocycles. The van der Waals surface area contributed by atoms with Gasteiger partial charge in [-0.15, -0.1) is 0 Å². The van der Waals surface area contributed by atoms with Gasteiger partial charge in [0.2, 0.25) is 5.91 Å². The highest BCUT2D eigenvalue weighted by Gasteiger charge is 2.21. The van der Waals surface area contributed by atoms with E-state index in [0.29, 0.717) is 13.0 Å². The fourth-order valence-corrected chi connectivity index (χ4v) is 1.26. The molecule has 0 aliphatic heterocycles. The van der Waals surface area contributed by atoms with Gasteiger partial charge in [0.1, 0.15) is 5.92 Å². The van der Waals surface area contributed by atoms with Crippen molar-refractivity contribution in [1.29, 1.82) is 5.26 Å². The predicted molar refractivity (Wildman–Crippen MR) is 59.5 cm³/mol. The maximum absolute atomic E-state index is 11.5. The van der Waals surface area contributed by atoms with Crippen LogP contribution >= 0.6 is 0 Å². The van der Waals surface area contributed by atoms with Crippen LogP contribution in [0, 0.1) is 23.2 Å². The van der Waals surface area contributed by atoms with Gasteiger partial charge in [0.15, 0.2) is 0 Å². The number of rotatable bonds is 7. The van der Waals surface area contributed by atoms with Crippen LogP contribution in [0.2, 0.25) is 0 Å². The lowest BCUT2D eigenvalue weighted by molar-refractivity contribution is -0.124. The summed E-state index contributed by atoms with van der Waals surface area (Å²) < 4.78 is 4.75. The average molecular weight is 228 g/mol. The molecule has 92 valence electrons. The number of aliphatic hydroxyl groups is 1. The lowest BCUT2D eigenvalue weighted by Gasteiger charge is -2.14. The Morgan fingerprint density at radius 2 is 2.19 bits per heavy atom. The number of carbonyl (C=O) groups excluding carboxylic acids is 1. The molecule has 16 heavy (non-hydrogen) atoms. The van der Waals surface area contributed by atoms with Crippen LogP contribution in [0.15, 0.2) is 0 Å². The minimum atomic E-state index is -0.625. The van der Waals surface area contributed by atoms with Crippen LogP contribution in [0.5, 0.6) is 0 Å². The largest absolute Gasteiger partial charge is 0.391 e. The van der Waals surface area contributed by atoms with Gasteiger partial charge in [-0.3, -0.25) is 4.79 Å². The van der Waals surface area contributed by atoms with Crippen molar-refractivity contribution in [2.75, 3.05) is 20.3 Å². The van der Waals surface area contributed by atoms with Crippen LogP contribution < -0.4 is 5.32 Å². The normalized spacial score (nSPS) is 14.2. The second kappa shape index (κ2) is 8.08. The molecule has 5 nitrogen and oxygen atoms in total. The zero-order valence-corrected chi connectivity index (χ0v) is 10.1. The van der Waals surface area contributed by atoms with Gasteiger partial charge in [-0.2, -0.15) is 5.26 Å². The molecule has 0 rings (SSSR count). The molecule has 0 aromatic heterocycles. The van der Waals surface area contributed by atoms with Crippen molar-refractivity contribution >= 4 is 5.91 Å². The molecule has 2 unspecified atom stereocenters. The van der Waals surface area contributed by atoms with Gasteiger partial charge < -0.3 is 15.2 Å². The van der Waals surface area contributed by atoms with E-state index < -0.39 is 12.0 Å². The Morgan fingerprint density at radius 3 is 2.62 bits per heavy atom. The number of nitrogens with one attached hydrogen (secondary N) is 1. The fourth-order valence-electron chi connectivity index (χ4n) is 1.26. The highest BCUT2D eigenvalue weighted by molar-refractivity contribution is 5.81.